The van der Waals surface area contributed by atoms with Crippen molar-refractivity contribution in [3.63, 3.8) is 0 Å². The number of rotatable bonds is 50. The second-order valence-corrected chi connectivity index (χ2v) is 18.6. The third-order valence-corrected chi connectivity index (χ3v) is 12.5. The molecule has 0 radical (unpaired) electrons. The molecule has 6 heteroatoms. The minimum absolute atomic E-state index is 0.0245. The van der Waals surface area contributed by atoms with Crippen LogP contribution in [0.15, 0.2) is 24.3 Å². The smallest absolute Gasteiger partial charge is 0.305 e. The third-order valence-electron chi connectivity index (χ3n) is 12.5. The van der Waals surface area contributed by atoms with Crippen molar-refractivity contribution in [3.05, 3.63) is 24.3 Å². The molecule has 0 aromatic rings. The van der Waals surface area contributed by atoms with E-state index in [0.717, 1.165) is 77.0 Å². The van der Waals surface area contributed by atoms with E-state index in [1.165, 1.54) is 186 Å². The van der Waals surface area contributed by atoms with Crippen molar-refractivity contribution in [1.29, 1.82) is 0 Å². The normalized spacial score (nSPS) is 12.8. The maximum atomic E-state index is 12.4. The molecule has 0 aromatic heterocycles. The number of nitrogens with one attached hydrogen (secondary N) is 1. The lowest BCUT2D eigenvalue weighted by atomic mass is 10.0. The predicted molar refractivity (Wildman–Crippen MR) is 264 cm³/mol. The van der Waals surface area contributed by atoms with Crippen LogP contribution in [0.5, 0.6) is 0 Å². The fourth-order valence-electron chi connectivity index (χ4n) is 8.27. The minimum atomic E-state index is -0.860. The topological polar surface area (TPSA) is 95.9 Å². The highest BCUT2D eigenvalue weighted by Gasteiger charge is 2.18. The Hall–Kier alpha value is -1.66. The molecule has 0 rings (SSSR count). The van der Waals surface area contributed by atoms with E-state index in [-0.39, 0.29) is 18.5 Å². The average Bonchev–Trinajstić information content (AvgIpc) is 3.26. The molecular weight excluding hydrogens is 755 g/mol. The zero-order valence-corrected chi connectivity index (χ0v) is 40.9. The van der Waals surface area contributed by atoms with Gasteiger partial charge in [-0.3, -0.25) is 9.59 Å². The van der Waals surface area contributed by atoms with Crippen molar-refractivity contribution in [3.8, 4) is 0 Å². The summed E-state index contributed by atoms with van der Waals surface area (Å²) in [6.07, 6.45) is 60.4. The summed E-state index contributed by atoms with van der Waals surface area (Å²) >= 11 is 0. The molecule has 0 saturated heterocycles. The second-order valence-electron chi connectivity index (χ2n) is 18.6. The average molecular weight is 860 g/mol. The summed E-state index contributed by atoms with van der Waals surface area (Å²) in [7, 11) is 0. The summed E-state index contributed by atoms with van der Waals surface area (Å²) in [6.45, 7) is 4.85. The fraction of sp³-hybridized carbons (Fsp3) is 0.891. The van der Waals surface area contributed by atoms with Crippen LogP contribution in [0.1, 0.15) is 290 Å². The van der Waals surface area contributed by atoms with Gasteiger partial charge in [-0.2, -0.15) is 0 Å². The van der Waals surface area contributed by atoms with E-state index in [1.807, 2.05) is 6.08 Å². The molecule has 6 nitrogen and oxygen atoms in total. The van der Waals surface area contributed by atoms with Gasteiger partial charge in [0.25, 0.3) is 0 Å². The molecule has 2 unspecified atom stereocenters. The summed E-state index contributed by atoms with van der Waals surface area (Å²) in [4.78, 5) is 24.4. The highest BCUT2D eigenvalue weighted by Crippen LogP contribution is 2.16. The highest BCUT2D eigenvalue weighted by atomic mass is 16.5. The van der Waals surface area contributed by atoms with E-state index >= 15 is 0 Å². The van der Waals surface area contributed by atoms with Gasteiger partial charge in [0.1, 0.15) is 0 Å². The molecule has 0 aliphatic carbocycles. The fourth-order valence-corrected chi connectivity index (χ4v) is 8.27. The first-order chi connectivity index (χ1) is 30.0. The molecule has 2 atom stereocenters. The van der Waals surface area contributed by atoms with E-state index in [1.54, 1.807) is 6.08 Å². The van der Waals surface area contributed by atoms with Crippen LogP contribution in [0.25, 0.3) is 0 Å². The van der Waals surface area contributed by atoms with Gasteiger partial charge in [0.15, 0.2) is 0 Å². The molecule has 0 aromatic carbocycles. The van der Waals surface area contributed by atoms with E-state index in [4.69, 9.17) is 4.74 Å². The molecule has 0 fully saturated rings. The Morgan fingerprint density at radius 2 is 0.770 bits per heavy atom. The first-order valence-corrected chi connectivity index (χ1v) is 27.1. The Morgan fingerprint density at radius 1 is 0.443 bits per heavy atom. The first-order valence-electron chi connectivity index (χ1n) is 27.1. The molecule has 61 heavy (non-hydrogen) atoms. The van der Waals surface area contributed by atoms with Crippen LogP contribution in [0, 0.1) is 0 Å². The van der Waals surface area contributed by atoms with Crippen molar-refractivity contribution in [2.45, 2.75) is 302 Å². The predicted octanol–water partition coefficient (Wildman–Crippen LogP) is 16.3. The van der Waals surface area contributed by atoms with Gasteiger partial charge < -0.3 is 20.3 Å². The summed E-state index contributed by atoms with van der Waals surface area (Å²) in [5.41, 5.74) is 0. The number of hydrogen-bond acceptors (Lipinski definition) is 5. The van der Waals surface area contributed by atoms with Crippen LogP contribution >= 0.6 is 0 Å². The van der Waals surface area contributed by atoms with Crippen LogP contribution in [-0.4, -0.2) is 47.4 Å². The number of carbonyl (C=O) groups excluding carboxylic acids is 2. The zero-order valence-electron chi connectivity index (χ0n) is 40.9. The van der Waals surface area contributed by atoms with E-state index < -0.39 is 12.1 Å². The number of amides is 1. The van der Waals surface area contributed by atoms with Crippen molar-refractivity contribution in [2.24, 2.45) is 0 Å². The molecule has 0 bridgehead atoms. The molecule has 0 heterocycles. The minimum Gasteiger partial charge on any atom is -0.466 e. The van der Waals surface area contributed by atoms with Gasteiger partial charge in [-0.15, -0.1) is 0 Å². The number of carbonyl (C=O) groups is 2. The number of allylic oxidation sites excluding steroid dienone is 3. The summed E-state index contributed by atoms with van der Waals surface area (Å²) in [5, 5.41) is 23.1. The van der Waals surface area contributed by atoms with E-state index in [9.17, 15) is 19.8 Å². The number of esters is 1. The van der Waals surface area contributed by atoms with Crippen molar-refractivity contribution < 1.29 is 24.5 Å². The van der Waals surface area contributed by atoms with Gasteiger partial charge in [-0.05, 0) is 64.2 Å². The SMILES string of the molecule is CCCCCCCCCCCCCCCCCCCCC/C=C/C(O)C(CO)NC(=O)CCCCCCC/C=C\CCCCCOC(=O)CCCCCCCCCCCCC. The molecule has 0 spiro atoms. The van der Waals surface area contributed by atoms with Crippen LogP contribution < -0.4 is 5.32 Å². The van der Waals surface area contributed by atoms with Gasteiger partial charge >= 0.3 is 5.97 Å². The Labute approximate surface area is 380 Å². The molecule has 0 aliphatic rings. The standard InChI is InChI=1S/C55H105NO5/c1-3-5-7-9-11-13-15-16-17-18-19-20-21-22-23-24-28-31-35-39-43-47-53(58)52(51-57)56-54(59)48-44-40-36-32-29-25-26-30-34-38-42-46-50-61-55(60)49-45-41-37-33-27-14-12-10-8-6-4-2/h26,30,43,47,52-53,57-58H,3-25,27-29,31-42,44-46,48-51H2,1-2H3,(H,56,59)/b30-26-,47-43+. The van der Waals surface area contributed by atoms with Crippen molar-refractivity contribution in [2.75, 3.05) is 13.2 Å². The van der Waals surface area contributed by atoms with Crippen LogP contribution in [0.4, 0.5) is 0 Å². The van der Waals surface area contributed by atoms with Crippen LogP contribution in [0.2, 0.25) is 0 Å². The van der Waals surface area contributed by atoms with E-state index in [0.29, 0.717) is 19.4 Å². The summed E-state index contributed by atoms with van der Waals surface area (Å²) in [6, 6.07) is -0.646. The zero-order chi connectivity index (χ0) is 44.4. The Kier molecular flexibility index (Phi) is 49.6. The molecule has 1 amide bonds. The number of ether oxygens (including phenoxy) is 1. The third kappa shape index (κ3) is 47.7. The number of aliphatic hydroxyl groups is 2. The van der Waals surface area contributed by atoms with Crippen LogP contribution in [0.3, 0.4) is 0 Å². The Balaban J connectivity index is 3.54. The second kappa shape index (κ2) is 51.0. The molecule has 3 N–H and O–H groups in total. The number of aliphatic hydroxyl groups excluding tert-OH is 2. The summed E-state index contributed by atoms with van der Waals surface area (Å²) in [5.74, 6) is -0.116. The Morgan fingerprint density at radius 3 is 1.16 bits per heavy atom. The van der Waals surface area contributed by atoms with Crippen molar-refractivity contribution in [1.82, 2.24) is 5.32 Å². The molecule has 0 aliphatic heterocycles. The largest absolute Gasteiger partial charge is 0.466 e. The van der Waals surface area contributed by atoms with Gasteiger partial charge in [0, 0.05) is 12.8 Å². The first kappa shape index (κ1) is 59.3. The van der Waals surface area contributed by atoms with Gasteiger partial charge in [-0.1, -0.05) is 237 Å². The maximum absolute atomic E-state index is 12.4. The van der Waals surface area contributed by atoms with E-state index in [2.05, 4.69) is 31.3 Å². The van der Waals surface area contributed by atoms with Gasteiger partial charge in [0.05, 0.1) is 25.4 Å². The molecular formula is C55H105NO5. The monoisotopic (exact) mass is 860 g/mol. The van der Waals surface area contributed by atoms with Gasteiger partial charge in [0.2, 0.25) is 5.91 Å². The number of unbranched alkanes of at least 4 members (excludes halogenated alkanes) is 37. The number of hydrogen-bond donors (Lipinski definition) is 3. The lowest BCUT2D eigenvalue weighted by Gasteiger charge is -2.20. The van der Waals surface area contributed by atoms with Gasteiger partial charge in [-0.25, -0.2) is 0 Å². The maximum Gasteiger partial charge on any atom is 0.305 e. The summed E-state index contributed by atoms with van der Waals surface area (Å²) < 4.78 is 5.43. The molecule has 360 valence electrons. The highest BCUT2D eigenvalue weighted by molar-refractivity contribution is 5.76. The molecule has 0 saturated carbocycles. The van der Waals surface area contributed by atoms with Crippen LogP contribution in [-0.2, 0) is 14.3 Å². The quantitative estimate of drug-likeness (QED) is 0.0322. The van der Waals surface area contributed by atoms with Crippen molar-refractivity contribution >= 4 is 11.9 Å². The lowest BCUT2D eigenvalue weighted by molar-refractivity contribution is -0.143. The Bertz CT molecular complexity index is 951. The lowest BCUT2D eigenvalue weighted by Crippen LogP contribution is -2.45.